The molecule has 5 heteroatoms. The van der Waals surface area contributed by atoms with Crippen molar-refractivity contribution >= 4 is 5.91 Å². The van der Waals surface area contributed by atoms with E-state index in [0.717, 1.165) is 51.4 Å². The third-order valence-electron chi connectivity index (χ3n) is 5.69. The summed E-state index contributed by atoms with van der Waals surface area (Å²) in [4.78, 5) is 21.6. The Hall–Kier alpha value is -2.24. The molecule has 2 saturated heterocycles. The maximum Gasteiger partial charge on any atom is 0.253 e. The van der Waals surface area contributed by atoms with Gasteiger partial charge in [-0.25, -0.2) is 0 Å². The highest BCUT2D eigenvalue weighted by Crippen LogP contribution is 2.24. The van der Waals surface area contributed by atoms with Crippen LogP contribution >= 0.6 is 0 Å². The molecular weight excluding hydrogens is 336 g/mol. The van der Waals surface area contributed by atoms with Gasteiger partial charge in [0.05, 0.1) is 0 Å². The number of nitrogens with one attached hydrogen (secondary N) is 1. The molecule has 1 aromatic carbocycles. The van der Waals surface area contributed by atoms with Gasteiger partial charge in [-0.2, -0.15) is 0 Å². The van der Waals surface area contributed by atoms with Crippen molar-refractivity contribution in [2.24, 2.45) is 0 Å². The van der Waals surface area contributed by atoms with Crippen LogP contribution in [-0.2, 0) is 6.54 Å². The van der Waals surface area contributed by atoms with Crippen molar-refractivity contribution < 1.29 is 4.79 Å². The number of piperidine rings is 1. The molecule has 1 atom stereocenters. The summed E-state index contributed by atoms with van der Waals surface area (Å²) in [5, 5.41) is 3.46. The summed E-state index contributed by atoms with van der Waals surface area (Å²) < 4.78 is 0. The lowest BCUT2D eigenvalue weighted by Gasteiger charge is -2.35. The van der Waals surface area contributed by atoms with Crippen LogP contribution in [0.2, 0.25) is 0 Å². The van der Waals surface area contributed by atoms with Crippen molar-refractivity contribution in [3.63, 3.8) is 0 Å². The molecule has 1 N–H and O–H groups in total. The molecule has 2 aliphatic rings. The largest absolute Gasteiger partial charge is 0.336 e. The molecule has 4 rings (SSSR count). The molecule has 0 bridgehead atoms. The van der Waals surface area contributed by atoms with E-state index in [2.05, 4.69) is 33.4 Å². The van der Waals surface area contributed by atoms with Gasteiger partial charge in [-0.3, -0.25) is 14.7 Å². The van der Waals surface area contributed by atoms with Crippen molar-refractivity contribution in [3.05, 3.63) is 65.5 Å². The Balaban J connectivity index is 1.35. The molecule has 3 heterocycles. The molecule has 0 unspecified atom stereocenters. The number of carbonyl (C=O) groups excluding carboxylic acids is 1. The molecule has 1 aromatic heterocycles. The van der Waals surface area contributed by atoms with Crippen LogP contribution in [0.25, 0.3) is 0 Å². The second-order valence-corrected chi connectivity index (χ2v) is 7.60. The van der Waals surface area contributed by atoms with Crippen LogP contribution in [0.1, 0.15) is 40.2 Å². The minimum Gasteiger partial charge on any atom is -0.336 e. The highest BCUT2D eigenvalue weighted by molar-refractivity contribution is 5.94. The first-order chi connectivity index (χ1) is 13.3. The molecule has 1 amide bonds. The van der Waals surface area contributed by atoms with Gasteiger partial charge in [0.2, 0.25) is 0 Å². The molecule has 0 radical (unpaired) electrons. The van der Waals surface area contributed by atoms with Gasteiger partial charge in [0, 0.05) is 57.2 Å². The van der Waals surface area contributed by atoms with Crippen molar-refractivity contribution in [3.8, 4) is 0 Å². The number of nitrogens with zero attached hydrogens (tertiary/aromatic N) is 3. The summed E-state index contributed by atoms with van der Waals surface area (Å²) in [6.45, 7) is 6.42. The number of pyridine rings is 1. The molecule has 142 valence electrons. The van der Waals surface area contributed by atoms with E-state index >= 15 is 0 Å². The summed E-state index contributed by atoms with van der Waals surface area (Å²) >= 11 is 0. The Labute approximate surface area is 161 Å². The fourth-order valence-electron chi connectivity index (χ4n) is 4.10. The van der Waals surface area contributed by atoms with Crippen molar-refractivity contribution in [2.75, 3.05) is 39.3 Å². The normalized spacial score (nSPS) is 21.2. The predicted octanol–water partition coefficient (Wildman–Crippen LogP) is 2.51. The smallest absolute Gasteiger partial charge is 0.253 e. The van der Waals surface area contributed by atoms with E-state index in [-0.39, 0.29) is 5.91 Å². The topological polar surface area (TPSA) is 48.5 Å². The van der Waals surface area contributed by atoms with Crippen LogP contribution in [0.5, 0.6) is 0 Å². The monoisotopic (exact) mass is 364 g/mol. The van der Waals surface area contributed by atoms with E-state index in [1.807, 2.05) is 29.3 Å². The number of rotatable bonds is 4. The summed E-state index contributed by atoms with van der Waals surface area (Å²) in [6.07, 6.45) is 6.14. The van der Waals surface area contributed by atoms with Gasteiger partial charge in [0.15, 0.2) is 0 Å². The van der Waals surface area contributed by atoms with Crippen molar-refractivity contribution in [1.82, 2.24) is 20.1 Å². The summed E-state index contributed by atoms with van der Waals surface area (Å²) in [7, 11) is 0. The van der Waals surface area contributed by atoms with Gasteiger partial charge in [-0.05, 0) is 54.6 Å². The third kappa shape index (κ3) is 4.54. The Bertz CT molecular complexity index is 750. The average molecular weight is 364 g/mol. The number of benzene rings is 1. The maximum atomic E-state index is 13.0. The minimum absolute atomic E-state index is 0.168. The SMILES string of the molecule is O=C(c1cccc([C@H]2CCCNC2)c1)N1CCN(Cc2cccnc2)CC1. The molecule has 0 aliphatic carbocycles. The van der Waals surface area contributed by atoms with Crippen LogP contribution in [0.3, 0.4) is 0 Å². The van der Waals surface area contributed by atoms with E-state index < -0.39 is 0 Å². The minimum atomic E-state index is 0.168. The van der Waals surface area contributed by atoms with Crippen LogP contribution < -0.4 is 5.32 Å². The zero-order valence-electron chi connectivity index (χ0n) is 15.8. The second kappa shape index (κ2) is 8.63. The molecular formula is C22H28N4O. The van der Waals surface area contributed by atoms with E-state index in [4.69, 9.17) is 0 Å². The second-order valence-electron chi connectivity index (χ2n) is 7.60. The summed E-state index contributed by atoms with van der Waals surface area (Å²) in [6, 6.07) is 12.4. The summed E-state index contributed by atoms with van der Waals surface area (Å²) in [5.74, 6) is 0.699. The molecule has 2 aromatic rings. The van der Waals surface area contributed by atoms with Gasteiger partial charge >= 0.3 is 0 Å². The Morgan fingerprint density at radius 2 is 2.04 bits per heavy atom. The number of aromatic nitrogens is 1. The van der Waals surface area contributed by atoms with Gasteiger partial charge < -0.3 is 10.2 Å². The number of amides is 1. The Morgan fingerprint density at radius 1 is 1.15 bits per heavy atom. The average Bonchev–Trinajstić information content (AvgIpc) is 2.75. The highest BCUT2D eigenvalue weighted by atomic mass is 16.2. The standard InChI is InChI=1S/C22H28N4O/c27-22(20-6-1-5-19(14-20)21-7-3-9-24-16-21)26-12-10-25(11-13-26)17-18-4-2-8-23-15-18/h1-2,4-6,8,14-15,21,24H,3,7,9-13,16-17H2/t21-/m0/s1. The number of carbonyl (C=O) groups is 1. The van der Waals surface area contributed by atoms with E-state index in [9.17, 15) is 4.79 Å². The molecule has 2 aliphatic heterocycles. The van der Waals surface area contributed by atoms with Crippen LogP contribution in [-0.4, -0.2) is 60.0 Å². The highest BCUT2D eigenvalue weighted by Gasteiger charge is 2.23. The molecule has 5 nitrogen and oxygen atoms in total. The molecule has 0 spiro atoms. The number of hydrogen-bond acceptors (Lipinski definition) is 4. The van der Waals surface area contributed by atoms with Gasteiger partial charge in [-0.1, -0.05) is 18.2 Å². The fourth-order valence-corrected chi connectivity index (χ4v) is 4.10. The fraction of sp³-hybridized carbons (Fsp3) is 0.455. The Kier molecular flexibility index (Phi) is 5.80. The number of piperazine rings is 1. The molecule has 2 fully saturated rings. The lowest BCUT2D eigenvalue weighted by Crippen LogP contribution is -2.48. The van der Waals surface area contributed by atoms with Crippen LogP contribution in [0.4, 0.5) is 0 Å². The zero-order valence-corrected chi connectivity index (χ0v) is 15.8. The Morgan fingerprint density at radius 3 is 2.78 bits per heavy atom. The zero-order chi connectivity index (χ0) is 18.5. The van der Waals surface area contributed by atoms with Gasteiger partial charge in [0.25, 0.3) is 5.91 Å². The lowest BCUT2D eigenvalue weighted by molar-refractivity contribution is 0.0628. The lowest BCUT2D eigenvalue weighted by atomic mass is 9.90. The molecule has 0 saturated carbocycles. The number of hydrogen-bond donors (Lipinski definition) is 1. The van der Waals surface area contributed by atoms with E-state index in [1.165, 1.54) is 24.0 Å². The third-order valence-corrected chi connectivity index (χ3v) is 5.69. The van der Waals surface area contributed by atoms with Crippen LogP contribution in [0.15, 0.2) is 48.8 Å². The van der Waals surface area contributed by atoms with E-state index in [0.29, 0.717) is 5.92 Å². The van der Waals surface area contributed by atoms with Gasteiger partial charge in [0.1, 0.15) is 0 Å². The molecule has 27 heavy (non-hydrogen) atoms. The van der Waals surface area contributed by atoms with Crippen LogP contribution in [0, 0.1) is 0 Å². The quantitative estimate of drug-likeness (QED) is 0.906. The first-order valence-electron chi connectivity index (χ1n) is 10.0. The summed E-state index contributed by atoms with van der Waals surface area (Å²) in [5.41, 5.74) is 3.35. The predicted molar refractivity (Wildman–Crippen MR) is 107 cm³/mol. The van der Waals surface area contributed by atoms with Crippen molar-refractivity contribution in [1.29, 1.82) is 0 Å². The first-order valence-corrected chi connectivity index (χ1v) is 10.0. The van der Waals surface area contributed by atoms with Crippen molar-refractivity contribution in [2.45, 2.75) is 25.3 Å². The van der Waals surface area contributed by atoms with Gasteiger partial charge in [-0.15, -0.1) is 0 Å². The maximum absolute atomic E-state index is 13.0. The van der Waals surface area contributed by atoms with E-state index in [1.54, 1.807) is 6.20 Å². The first kappa shape index (κ1) is 18.1.